The summed E-state index contributed by atoms with van der Waals surface area (Å²) < 4.78 is 5.46. The smallest absolute Gasteiger partial charge is 0.119 e. The molecule has 1 aromatic carbocycles. The number of hydrogen-bond acceptors (Lipinski definition) is 2. The Hall–Kier alpha value is -1.02. The van der Waals surface area contributed by atoms with E-state index in [1.807, 2.05) is 18.2 Å². The van der Waals surface area contributed by atoms with Gasteiger partial charge in [0, 0.05) is 0 Å². The minimum Gasteiger partial charge on any atom is -0.491 e. The van der Waals surface area contributed by atoms with Crippen LogP contribution in [0.1, 0.15) is 26.3 Å². The summed E-state index contributed by atoms with van der Waals surface area (Å²) in [6.07, 6.45) is 1.000. The predicted molar refractivity (Wildman–Crippen MR) is 57.6 cm³/mol. The topological polar surface area (TPSA) is 29.5 Å². The molecule has 0 aliphatic heterocycles. The third-order valence-corrected chi connectivity index (χ3v) is 1.90. The third kappa shape index (κ3) is 3.79. The van der Waals surface area contributed by atoms with Crippen LogP contribution in [0.25, 0.3) is 0 Å². The molecule has 0 unspecified atom stereocenters. The fourth-order valence-corrected chi connectivity index (χ4v) is 1.12. The van der Waals surface area contributed by atoms with Gasteiger partial charge < -0.3 is 9.84 Å². The molecule has 0 aliphatic carbocycles. The molecule has 0 spiro atoms. The molecule has 0 radical (unpaired) electrons. The van der Waals surface area contributed by atoms with Crippen LogP contribution >= 0.6 is 0 Å². The lowest BCUT2D eigenvalue weighted by Crippen LogP contribution is -2.27. The van der Waals surface area contributed by atoms with E-state index in [1.54, 1.807) is 13.8 Å². The first-order valence-corrected chi connectivity index (χ1v) is 4.95. The first kappa shape index (κ1) is 11.1. The average Bonchev–Trinajstić information content (AvgIpc) is 2.14. The largest absolute Gasteiger partial charge is 0.491 e. The fraction of sp³-hybridized carbons (Fsp3) is 0.500. The van der Waals surface area contributed by atoms with Gasteiger partial charge in [-0.3, -0.25) is 0 Å². The van der Waals surface area contributed by atoms with Gasteiger partial charge in [0.25, 0.3) is 0 Å². The van der Waals surface area contributed by atoms with E-state index < -0.39 is 5.60 Å². The van der Waals surface area contributed by atoms with Crippen molar-refractivity contribution in [2.75, 3.05) is 6.61 Å². The van der Waals surface area contributed by atoms with E-state index in [-0.39, 0.29) is 0 Å². The summed E-state index contributed by atoms with van der Waals surface area (Å²) in [5, 5.41) is 9.48. The van der Waals surface area contributed by atoms with Crippen molar-refractivity contribution in [3.63, 3.8) is 0 Å². The van der Waals surface area contributed by atoms with E-state index in [9.17, 15) is 5.11 Å². The van der Waals surface area contributed by atoms with Crippen molar-refractivity contribution in [1.29, 1.82) is 0 Å². The maximum Gasteiger partial charge on any atom is 0.119 e. The van der Waals surface area contributed by atoms with Crippen molar-refractivity contribution >= 4 is 0 Å². The zero-order chi connectivity index (χ0) is 10.6. The second-order valence-corrected chi connectivity index (χ2v) is 4.10. The van der Waals surface area contributed by atoms with E-state index in [2.05, 4.69) is 13.0 Å². The van der Waals surface area contributed by atoms with Crippen LogP contribution in [-0.4, -0.2) is 17.3 Å². The van der Waals surface area contributed by atoms with Gasteiger partial charge in [0.1, 0.15) is 12.4 Å². The molecule has 0 bridgehead atoms. The van der Waals surface area contributed by atoms with Crippen molar-refractivity contribution in [1.82, 2.24) is 0 Å². The number of rotatable bonds is 4. The maximum atomic E-state index is 9.48. The summed E-state index contributed by atoms with van der Waals surface area (Å²) in [5.74, 6) is 0.825. The highest BCUT2D eigenvalue weighted by Crippen LogP contribution is 2.15. The Morgan fingerprint density at radius 1 is 1.36 bits per heavy atom. The normalized spacial score (nSPS) is 11.4. The first-order chi connectivity index (χ1) is 6.51. The Bertz CT molecular complexity index is 287. The molecule has 14 heavy (non-hydrogen) atoms. The molecule has 0 heterocycles. The highest BCUT2D eigenvalue weighted by atomic mass is 16.5. The summed E-state index contributed by atoms with van der Waals surface area (Å²) in [5.41, 5.74) is 0.473. The lowest BCUT2D eigenvalue weighted by molar-refractivity contribution is 0.0284. The molecule has 2 heteroatoms. The minimum atomic E-state index is -0.776. The predicted octanol–water partition coefficient (Wildman–Crippen LogP) is 2.40. The molecule has 0 atom stereocenters. The van der Waals surface area contributed by atoms with Gasteiger partial charge in [-0.25, -0.2) is 0 Å². The van der Waals surface area contributed by atoms with Crippen molar-refractivity contribution in [3.8, 4) is 5.75 Å². The van der Waals surface area contributed by atoms with Crippen molar-refractivity contribution < 1.29 is 9.84 Å². The van der Waals surface area contributed by atoms with E-state index in [0.29, 0.717) is 6.61 Å². The number of hydrogen-bond donors (Lipinski definition) is 1. The molecule has 2 nitrogen and oxygen atoms in total. The number of aliphatic hydroxyl groups is 1. The number of benzene rings is 1. The Labute approximate surface area is 85.5 Å². The third-order valence-electron chi connectivity index (χ3n) is 1.90. The second kappa shape index (κ2) is 4.47. The zero-order valence-electron chi connectivity index (χ0n) is 9.08. The highest BCUT2D eigenvalue weighted by Gasteiger charge is 2.13. The first-order valence-electron chi connectivity index (χ1n) is 4.95. The summed E-state index contributed by atoms with van der Waals surface area (Å²) in [7, 11) is 0. The van der Waals surface area contributed by atoms with Crippen LogP contribution in [0.5, 0.6) is 5.75 Å². The van der Waals surface area contributed by atoms with Crippen LogP contribution < -0.4 is 4.74 Å². The van der Waals surface area contributed by atoms with Gasteiger partial charge in [-0.2, -0.15) is 0 Å². The fourth-order valence-electron chi connectivity index (χ4n) is 1.12. The molecule has 0 saturated heterocycles. The standard InChI is InChI=1S/C12H18O2/c1-4-10-6-5-7-11(8-10)14-9-12(2,3)13/h5-8,13H,4,9H2,1-3H3. The molecule has 0 saturated carbocycles. The van der Waals surface area contributed by atoms with Crippen LogP contribution in [0, 0.1) is 0 Å². The molecule has 1 aromatic rings. The van der Waals surface area contributed by atoms with Crippen LogP contribution in [0.3, 0.4) is 0 Å². The van der Waals surface area contributed by atoms with Crippen LogP contribution in [0.2, 0.25) is 0 Å². The Kier molecular flexibility index (Phi) is 3.53. The summed E-state index contributed by atoms with van der Waals surface area (Å²) in [6.45, 7) is 5.89. The molecule has 1 rings (SSSR count). The van der Waals surface area contributed by atoms with Crippen molar-refractivity contribution in [2.45, 2.75) is 32.8 Å². The highest BCUT2D eigenvalue weighted by molar-refractivity contribution is 5.28. The summed E-state index contributed by atoms with van der Waals surface area (Å²) in [4.78, 5) is 0. The second-order valence-electron chi connectivity index (χ2n) is 4.10. The Morgan fingerprint density at radius 3 is 2.64 bits per heavy atom. The molecular formula is C12H18O2. The molecule has 0 aromatic heterocycles. The Balaban J connectivity index is 2.59. The molecule has 0 aliphatic rings. The summed E-state index contributed by atoms with van der Waals surface area (Å²) in [6, 6.07) is 7.95. The van der Waals surface area contributed by atoms with Gasteiger partial charge in [-0.1, -0.05) is 19.1 Å². The van der Waals surface area contributed by atoms with Crippen molar-refractivity contribution in [2.24, 2.45) is 0 Å². The maximum absolute atomic E-state index is 9.48. The monoisotopic (exact) mass is 194 g/mol. The lowest BCUT2D eigenvalue weighted by atomic mass is 10.1. The number of aryl methyl sites for hydroxylation is 1. The van der Waals surface area contributed by atoms with Gasteiger partial charge in [-0.15, -0.1) is 0 Å². The molecule has 78 valence electrons. The van der Waals surface area contributed by atoms with E-state index in [4.69, 9.17) is 4.74 Å². The molecule has 0 amide bonds. The van der Waals surface area contributed by atoms with Crippen LogP contribution in [-0.2, 0) is 6.42 Å². The van der Waals surface area contributed by atoms with Gasteiger partial charge in [0.15, 0.2) is 0 Å². The van der Waals surface area contributed by atoms with E-state index in [1.165, 1.54) is 5.56 Å². The van der Waals surface area contributed by atoms with Gasteiger partial charge in [0.05, 0.1) is 5.60 Å². The van der Waals surface area contributed by atoms with E-state index in [0.717, 1.165) is 12.2 Å². The molecule has 0 fully saturated rings. The van der Waals surface area contributed by atoms with Crippen LogP contribution in [0.4, 0.5) is 0 Å². The Morgan fingerprint density at radius 2 is 2.07 bits per heavy atom. The number of ether oxygens (including phenoxy) is 1. The van der Waals surface area contributed by atoms with Crippen molar-refractivity contribution in [3.05, 3.63) is 29.8 Å². The molecule has 1 N–H and O–H groups in total. The van der Waals surface area contributed by atoms with E-state index >= 15 is 0 Å². The quantitative estimate of drug-likeness (QED) is 0.797. The minimum absolute atomic E-state index is 0.320. The average molecular weight is 194 g/mol. The summed E-state index contributed by atoms with van der Waals surface area (Å²) >= 11 is 0. The van der Waals surface area contributed by atoms with Gasteiger partial charge in [0.2, 0.25) is 0 Å². The van der Waals surface area contributed by atoms with Gasteiger partial charge >= 0.3 is 0 Å². The zero-order valence-corrected chi connectivity index (χ0v) is 9.08. The molecular weight excluding hydrogens is 176 g/mol. The lowest BCUT2D eigenvalue weighted by Gasteiger charge is -2.17. The van der Waals surface area contributed by atoms with Crippen LogP contribution in [0.15, 0.2) is 24.3 Å². The SMILES string of the molecule is CCc1cccc(OCC(C)(C)O)c1. The van der Waals surface area contributed by atoms with Gasteiger partial charge in [-0.05, 0) is 38.0 Å².